The van der Waals surface area contributed by atoms with Gasteiger partial charge in [0, 0.05) is 5.02 Å². The van der Waals surface area contributed by atoms with Crippen molar-refractivity contribution in [2.75, 3.05) is 0 Å². The van der Waals surface area contributed by atoms with E-state index in [0.29, 0.717) is 5.02 Å². The quantitative estimate of drug-likeness (QED) is 0.453. The standard InChI is InChI=1S/C9H8ClN5O/c10-6-2-1-3-7(4-6)15-5-8(13-14-15)9(16)12-11/h1-5H,11H2,(H,12,16). The van der Waals surface area contributed by atoms with Gasteiger partial charge in [0.15, 0.2) is 5.69 Å². The van der Waals surface area contributed by atoms with E-state index < -0.39 is 5.91 Å². The summed E-state index contributed by atoms with van der Waals surface area (Å²) < 4.78 is 1.44. The Morgan fingerprint density at radius 3 is 3.00 bits per heavy atom. The van der Waals surface area contributed by atoms with Crippen molar-refractivity contribution in [2.45, 2.75) is 0 Å². The molecule has 7 heteroatoms. The van der Waals surface area contributed by atoms with E-state index in [-0.39, 0.29) is 5.69 Å². The molecule has 0 aliphatic heterocycles. The monoisotopic (exact) mass is 237 g/mol. The van der Waals surface area contributed by atoms with Gasteiger partial charge in [0.05, 0.1) is 11.9 Å². The molecule has 1 aromatic heterocycles. The Morgan fingerprint density at radius 1 is 1.50 bits per heavy atom. The Balaban J connectivity index is 2.35. The van der Waals surface area contributed by atoms with E-state index in [2.05, 4.69) is 10.3 Å². The number of rotatable bonds is 2. The van der Waals surface area contributed by atoms with E-state index in [1.807, 2.05) is 5.43 Å². The van der Waals surface area contributed by atoms with Gasteiger partial charge in [-0.1, -0.05) is 22.9 Å². The molecule has 0 aliphatic rings. The number of nitrogens with two attached hydrogens (primary N) is 1. The maximum atomic E-state index is 11.1. The molecule has 1 aromatic carbocycles. The number of nitrogens with one attached hydrogen (secondary N) is 1. The van der Waals surface area contributed by atoms with Crippen molar-refractivity contribution in [3.63, 3.8) is 0 Å². The minimum absolute atomic E-state index is 0.141. The van der Waals surface area contributed by atoms with Crippen LogP contribution in [0.4, 0.5) is 0 Å². The number of carbonyl (C=O) groups excluding carboxylic acids is 1. The predicted molar refractivity (Wildman–Crippen MR) is 58.0 cm³/mol. The van der Waals surface area contributed by atoms with Gasteiger partial charge in [-0.05, 0) is 18.2 Å². The highest BCUT2D eigenvalue weighted by atomic mass is 35.5. The first kappa shape index (κ1) is 10.6. The molecule has 0 unspecified atom stereocenters. The molecule has 1 amide bonds. The summed E-state index contributed by atoms with van der Waals surface area (Å²) in [4.78, 5) is 11.1. The molecule has 0 spiro atoms. The number of halogens is 1. The van der Waals surface area contributed by atoms with Crippen LogP contribution in [0.3, 0.4) is 0 Å². The average Bonchev–Trinajstić information content (AvgIpc) is 2.77. The molecule has 0 fully saturated rings. The summed E-state index contributed by atoms with van der Waals surface area (Å²) in [6, 6.07) is 7.03. The highest BCUT2D eigenvalue weighted by molar-refractivity contribution is 6.30. The van der Waals surface area contributed by atoms with Crippen molar-refractivity contribution in [2.24, 2.45) is 5.84 Å². The molecule has 0 atom stereocenters. The second kappa shape index (κ2) is 4.30. The topological polar surface area (TPSA) is 85.8 Å². The van der Waals surface area contributed by atoms with Crippen LogP contribution in [0, 0.1) is 0 Å². The van der Waals surface area contributed by atoms with Gasteiger partial charge in [0.25, 0.3) is 5.91 Å². The lowest BCUT2D eigenvalue weighted by Gasteiger charge is -1.99. The Labute approximate surface area is 96.0 Å². The summed E-state index contributed by atoms with van der Waals surface area (Å²) >= 11 is 5.83. The summed E-state index contributed by atoms with van der Waals surface area (Å²) in [5.41, 5.74) is 2.84. The smallest absolute Gasteiger partial charge is 0.287 e. The molecule has 0 radical (unpaired) electrons. The predicted octanol–water partition coefficient (Wildman–Crippen LogP) is 0.524. The highest BCUT2D eigenvalue weighted by Gasteiger charge is 2.09. The van der Waals surface area contributed by atoms with Crippen molar-refractivity contribution < 1.29 is 4.79 Å². The van der Waals surface area contributed by atoms with Crippen molar-refractivity contribution in [1.82, 2.24) is 20.4 Å². The first-order chi connectivity index (χ1) is 7.70. The van der Waals surface area contributed by atoms with Crippen molar-refractivity contribution in [3.8, 4) is 5.69 Å². The molecule has 16 heavy (non-hydrogen) atoms. The Hall–Kier alpha value is -1.92. The number of aromatic nitrogens is 3. The van der Waals surface area contributed by atoms with E-state index in [1.54, 1.807) is 24.3 Å². The number of nitrogens with zero attached hydrogens (tertiary/aromatic N) is 3. The van der Waals surface area contributed by atoms with Gasteiger partial charge in [-0.3, -0.25) is 10.2 Å². The summed E-state index contributed by atoms with van der Waals surface area (Å²) in [7, 11) is 0. The van der Waals surface area contributed by atoms with Crippen LogP contribution >= 0.6 is 11.6 Å². The van der Waals surface area contributed by atoms with Crippen LogP contribution < -0.4 is 11.3 Å². The Bertz CT molecular complexity index is 524. The SMILES string of the molecule is NNC(=O)c1cn(-c2cccc(Cl)c2)nn1. The fourth-order valence-corrected chi connectivity index (χ4v) is 1.37. The van der Waals surface area contributed by atoms with Gasteiger partial charge in [-0.2, -0.15) is 0 Å². The number of hydrogen-bond donors (Lipinski definition) is 2. The first-order valence-electron chi connectivity index (χ1n) is 4.40. The van der Waals surface area contributed by atoms with Gasteiger partial charge in [0.1, 0.15) is 0 Å². The van der Waals surface area contributed by atoms with Crippen LogP contribution in [-0.4, -0.2) is 20.9 Å². The Morgan fingerprint density at radius 2 is 2.31 bits per heavy atom. The molecule has 1 heterocycles. The lowest BCUT2D eigenvalue weighted by Crippen LogP contribution is -2.30. The van der Waals surface area contributed by atoms with Gasteiger partial charge in [0.2, 0.25) is 0 Å². The summed E-state index contributed by atoms with van der Waals surface area (Å²) in [6.07, 6.45) is 1.47. The molecule has 0 saturated heterocycles. The normalized spacial score (nSPS) is 10.1. The number of hydrogen-bond acceptors (Lipinski definition) is 4. The zero-order valence-electron chi connectivity index (χ0n) is 8.09. The zero-order chi connectivity index (χ0) is 11.5. The maximum Gasteiger partial charge on any atom is 0.287 e. The summed E-state index contributed by atoms with van der Waals surface area (Å²) in [5, 5.41) is 8.04. The van der Waals surface area contributed by atoms with E-state index in [4.69, 9.17) is 17.4 Å². The number of amides is 1. The highest BCUT2D eigenvalue weighted by Crippen LogP contribution is 2.13. The molecule has 2 rings (SSSR count). The van der Waals surface area contributed by atoms with E-state index in [0.717, 1.165) is 5.69 Å². The molecule has 6 nitrogen and oxygen atoms in total. The molecule has 2 aromatic rings. The fourth-order valence-electron chi connectivity index (χ4n) is 1.19. The third-order valence-corrected chi connectivity index (χ3v) is 2.16. The molecule has 0 bridgehead atoms. The van der Waals surface area contributed by atoms with E-state index >= 15 is 0 Å². The van der Waals surface area contributed by atoms with E-state index in [1.165, 1.54) is 10.9 Å². The second-order valence-corrected chi connectivity index (χ2v) is 3.44. The van der Waals surface area contributed by atoms with Crippen LogP contribution in [0.5, 0.6) is 0 Å². The molecule has 0 aliphatic carbocycles. The van der Waals surface area contributed by atoms with Gasteiger partial charge in [-0.25, -0.2) is 10.5 Å². The molecular formula is C9H8ClN5O. The number of benzene rings is 1. The molecular weight excluding hydrogens is 230 g/mol. The van der Waals surface area contributed by atoms with Crippen LogP contribution in [0.25, 0.3) is 5.69 Å². The van der Waals surface area contributed by atoms with Crippen molar-refractivity contribution >= 4 is 17.5 Å². The zero-order valence-corrected chi connectivity index (χ0v) is 8.85. The first-order valence-corrected chi connectivity index (χ1v) is 4.78. The third-order valence-electron chi connectivity index (χ3n) is 1.93. The number of hydrazine groups is 1. The molecule has 82 valence electrons. The van der Waals surface area contributed by atoms with Crippen LogP contribution in [0.2, 0.25) is 5.02 Å². The summed E-state index contributed by atoms with van der Waals surface area (Å²) in [6.45, 7) is 0. The van der Waals surface area contributed by atoms with Gasteiger partial charge < -0.3 is 0 Å². The lowest BCUT2D eigenvalue weighted by atomic mass is 10.3. The Kier molecular flexibility index (Phi) is 2.84. The average molecular weight is 238 g/mol. The summed E-state index contributed by atoms with van der Waals surface area (Å²) in [5.74, 6) is 4.49. The largest absolute Gasteiger partial charge is 0.289 e. The lowest BCUT2D eigenvalue weighted by molar-refractivity contribution is 0.0948. The fraction of sp³-hybridized carbons (Fsp3) is 0. The van der Waals surface area contributed by atoms with Crippen LogP contribution in [-0.2, 0) is 0 Å². The van der Waals surface area contributed by atoms with Crippen molar-refractivity contribution in [3.05, 3.63) is 41.2 Å². The van der Waals surface area contributed by atoms with Gasteiger partial charge in [-0.15, -0.1) is 5.10 Å². The van der Waals surface area contributed by atoms with Crippen LogP contribution in [0.15, 0.2) is 30.5 Å². The molecule has 3 N–H and O–H groups in total. The maximum absolute atomic E-state index is 11.1. The van der Waals surface area contributed by atoms with Crippen LogP contribution in [0.1, 0.15) is 10.5 Å². The minimum Gasteiger partial charge on any atom is -0.289 e. The van der Waals surface area contributed by atoms with E-state index in [9.17, 15) is 4.79 Å². The minimum atomic E-state index is -0.492. The number of nitrogen functional groups attached to an aromatic ring is 1. The molecule has 0 saturated carbocycles. The van der Waals surface area contributed by atoms with Crippen molar-refractivity contribution in [1.29, 1.82) is 0 Å². The van der Waals surface area contributed by atoms with Gasteiger partial charge >= 0.3 is 0 Å². The second-order valence-electron chi connectivity index (χ2n) is 3.00. The third kappa shape index (κ3) is 2.02. The number of carbonyl (C=O) groups is 1.